The second kappa shape index (κ2) is 5.37. The second-order valence-electron chi connectivity index (χ2n) is 5.51. The molecule has 1 N–H and O–H groups in total. The van der Waals surface area contributed by atoms with Gasteiger partial charge in [0.25, 0.3) is 0 Å². The molecule has 0 aliphatic heterocycles. The molecule has 0 heterocycles. The van der Waals surface area contributed by atoms with Crippen LogP contribution in [0.15, 0.2) is 0 Å². The summed E-state index contributed by atoms with van der Waals surface area (Å²) < 4.78 is 41.8. The Morgan fingerprint density at radius 2 is 1.94 bits per heavy atom. The maximum atomic E-state index is 12.1. The molecule has 1 spiro atoms. The van der Waals surface area contributed by atoms with Gasteiger partial charge < -0.3 is 10.1 Å². The zero-order valence-corrected chi connectivity index (χ0v) is 10.9. The van der Waals surface area contributed by atoms with E-state index in [4.69, 9.17) is 4.74 Å². The first-order valence-corrected chi connectivity index (χ1v) is 6.90. The van der Waals surface area contributed by atoms with E-state index in [9.17, 15) is 13.2 Å². The summed E-state index contributed by atoms with van der Waals surface area (Å²) in [6, 6.07) is 0.445. The molecule has 0 saturated heterocycles. The summed E-state index contributed by atoms with van der Waals surface area (Å²) in [6.07, 6.45) is 0.529. The van der Waals surface area contributed by atoms with Gasteiger partial charge in [0.2, 0.25) is 0 Å². The van der Waals surface area contributed by atoms with Gasteiger partial charge in [0.1, 0.15) is 0 Å². The molecular weight excluding hydrogens is 243 g/mol. The highest BCUT2D eigenvalue weighted by molar-refractivity contribution is 5.09. The van der Waals surface area contributed by atoms with Crippen LogP contribution in [-0.2, 0) is 4.74 Å². The quantitative estimate of drug-likeness (QED) is 0.823. The predicted molar refractivity (Wildman–Crippen MR) is 63.4 cm³/mol. The summed E-state index contributed by atoms with van der Waals surface area (Å²) >= 11 is 0. The minimum Gasteiger partial charge on any atom is -0.377 e. The Kier molecular flexibility index (Phi) is 4.22. The van der Waals surface area contributed by atoms with Crippen LogP contribution in [-0.4, -0.2) is 31.5 Å². The van der Waals surface area contributed by atoms with Crippen molar-refractivity contribution in [3.63, 3.8) is 0 Å². The highest BCUT2D eigenvalue weighted by atomic mass is 19.4. The van der Waals surface area contributed by atoms with Crippen molar-refractivity contribution in [1.82, 2.24) is 5.32 Å². The van der Waals surface area contributed by atoms with Crippen LogP contribution in [0.5, 0.6) is 0 Å². The lowest BCUT2D eigenvalue weighted by molar-refractivity contribution is -0.176. The van der Waals surface area contributed by atoms with Gasteiger partial charge >= 0.3 is 6.18 Å². The van der Waals surface area contributed by atoms with E-state index in [1.54, 1.807) is 0 Å². The number of alkyl halides is 3. The summed E-state index contributed by atoms with van der Waals surface area (Å²) in [4.78, 5) is 0. The number of ether oxygens (including phenoxy) is 1. The van der Waals surface area contributed by atoms with Crippen LogP contribution in [0.3, 0.4) is 0 Å². The van der Waals surface area contributed by atoms with Crippen molar-refractivity contribution in [1.29, 1.82) is 0 Å². The predicted octanol–water partition coefficient (Wildman–Crippen LogP) is 3.27. The number of nitrogens with one attached hydrogen (secondary N) is 1. The van der Waals surface area contributed by atoms with E-state index in [1.807, 2.05) is 0 Å². The summed E-state index contributed by atoms with van der Waals surface area (Å²) in [5.74, 6) is 0. The molecule has 2 aliphatic carbocycles. The molecule has 0 bridgehead atoms. The van der Waals surface area contributed by atoms with Crippen molar-refractivity contribution in [2.75, 3.05) is 13.2 Å². The Morgan fingerprint density at radius 1 is 1.28 bits per heavy atom. The van der Waals surface area contributed by atoms with Crippen LogP contribution in [0.1, 0.15) is 45.4 Å². The maximum absolute atomic E-state index is 12.1. The third kappa shape index (κ3) is 2.82. The van der Waals surface area contributed by atoms with Gasteiger partial charge in [-0.15, -0.1) is 0 Å². The van der Waals surface area contributed by atoms with Gasteiger partial charge in [-0.05, 0) is 25.8 Å². The zero-order chi connectivity index (χ0) is 13.2. The first-order valence-electron chi connectivity index (χ1n) is 6.90. The van der Waals surface area contributed by atoms with E-state index in [0.29, 0.717) is 6.04 Å². The van der Waals surface area contributed by atoms with Crippen LogP contribution in [0.25, 0.3) is 0 Å². The largest absolute Gasteiger partial charge is 0.391 e. The molecule has 5 heteroatoms. The number of hydrogen-bond acceptors (Lipinski definition) is 2. The highest BCUT2D eigenvalue weighted by Crippen LogP contribution is 2.54. The van der Waals surface area contributed by atoms with Crippen LogP contribution in [0.2, 0.25) is 0 Å². The Balaban J connectivity index is 1.83. The first kappa shape index (κ1) is 14.1. The van der Waals surface area contributed by atoms with E-state index in [2.05, 4.69) is 12.2 Å². The number of rotatable bonds is 5. The van der Waals surface area contributed by atoms with Gasteiger partial charge in [-0.3, -0.25) is 0 Å². The molecular formula is C13H22F3NO. The average molecular weight is 265 g/mol. The van der Waals surface area contributed by atoms with E-state index >= 15 is 0 Å². The van der Waals surface area contributed by atoms with Crippen molar-refractivity contribution in [2.24, 2.45) is 5.41 Å². The van der Waals surface area contributed by atoms with E-state index in [1.165, 1.54) is 12.8 Å². The van der Waals surface area contributed by atoms with Crippen molar-refractivity contribution < 1.29 is 17.9 Å². The molecule has 2 aliphatic rings. The minimum atomic E-state index is -4.10. The lowest BCUT2D eigenvalue weighted by Crippen LogP contribution is -2.62. The molecule has 0 aromatic heterocycles. The summed E-state index contributed by atoms with van der Waals surface area (Å²) in [5.41, 5.74) is 0.127. The molecule has 2 rings (SSSR count). The number of halogens is 3. The minimum absolute atomic E-state index is 0.0337. The van der Waals surface area contributed by atoms with Crippen molar-refractivity contribution >= 4 is 0 Å². The lowest BCUT2D eigenvalue weighted by Gasteiger charge is -2.54. The fraction of sp³-hybridized carbons (Fsp3) is 1.00. The van der Waals surface area contributed by atoms with Gasteiger partial charge in [-0.1, -0.05) is 19.8 Å². The van der Waals surface area contributed by atoms with Crippen LogP contribution in [0.4, 0.5) is 13.2 Å². The Labute approximate surface area is 106 Å². The van der Waals surface area contributed by atoms with Crippen LogP contribution >= 0.6 is 0 Å². The third-order valence-electron chi connectivity index (χ3n) is 4.47. The molecule has 2 atom stereocenters. The molecule has 2 saturated carbocycles. The van der Waals surface area contributed by atoms with Crippen molar-refractivity contribution in [3.05, 3.63) is 0 Å². The fourth-order valence-electron chi connectivity index (χ4n) is 3.53. The van der Waals surface area contributed by atoms with Gasteiger partial charge in [0.05, 0.1) is 19.1 Å². The Morgan fingerprint density at radius 3 is 2.50 bits per heavy atom. The second-order valence-corrected chi connectivity index (χ2v) is 5.51. The SMILES string of the molecule is CCNC1CC(OCCC(F)(F)F)C12CCCC2. The van der Waals surface area contributed by atoms with E-state index < -0.39 is 12.6 Å². The molecule has 2 fully saturated rings. The summed E-state index contributed by atoms with van der Waals surface area (Å²) in [6.45, 7) is 2.80. The molecule has 2 unspecified atom stereocenters. The molecule has 0 radical (unpaired) electrons. The first-order chi connectivity index (χ1) is 8.48. The van der Waals surface area contributed by atoms with E-state index in [-0.39, 0.29) is 18.1 Å². The smallest absolute Gasteiger partial charge is 0.377 e. The van der Waals surface area contributed by atoms with Gasteiger partial charge in [-0.2, -0.15) is 13.2 Å². The highest BCUT2D eigenvalue weighted by Gasteiger charge is 2.56. The molecule has 0 aromatic carbocycles. The Bertz CT molecular complexity index is 274. The topological polar surface area (TPSA) is 21.3 Å². The maximum Gasteiger partial charge on any atom is 0.391 e. The summed E-state index contributed by atoms with van der Waals surface area (Å²) in [5, 5.41) is 3.45. The van der Waals surface area contributed by atoms with Crippen LogP contribution < -0.4 is 5.32 Å². The fourth-order valence-corrected chi connectivity index (χ4v) is 3.53. The molecule has 0 amide bonds. The monoisotopic (exact) mass is 265 g/mol. The molecule has 2 nitrogen and oxygen atoms in total. The van der Waals surface area contributed by atoms with Crippen molar-refractivity contribution in [3.8, 4) is 0 Å². The molecule has 18 heavy (non-hydrogen) atoms. The van der Waals surface area contributed by atoms with Crippen molar-refractivity contribution in [2.45, 2.75) is 63.8 Å². The van der Waals surface area contributed by atoms with Gasteiger partial charge in [0.15, 0.2) is 0 Å². The lowest BCUT2D eigenvalue weighted by atomic mass is 9.60. The van der Waals surface area contributed by atoms with Gasteiger partial charge in [-0.25, -0.2) is 0 Å². The van der Waals surface area contributed by atoms with Crippen LogP contribution in [0, 0.1) is 5.41 Å². The average Bonchev–Trinajstić information content (AvgIpc) is 2.77. The van der Waals surface area contributed by atoms with Gasteiger partial charge in [0, 0.05) is 11.5 Å². The Hall–Kier alpha value is -0.290. The van der Waals surface area contributed by atoms with E-state index in [0.717, 1.165) is 25.8 Å². The molecule has 0 aromatic rings. The zero-order valence-electron chi connectivity index (χ0n) is 10.9. The molecule has 106 valence electrons. The standard InChI is InChI=1S/C13H22F3NO/c1-2-17-10-9-11(12(10)5-3-4-6-12)18-8-7-13(14,15)16/h10-11,17H,2-9H2,1H3. The third-order valence-corrected chi connectivity index (χ3v) is 4.47. The number of hydrogen-bond donors (Lipinski definition) is 1. The summed E-state index contributed by atoms with van der Waals surface area (Å²) in [7, 11) is 0. The normalized spacial score (nSPS) is 30.7.